The third kappa shape index (κ3) is 3.72. The number of nitrogens with zero attached hydrogens (tertiary/aromatic N) is 5. The molecule has 0 aromatic carbocycles. The van der Waals surface area contributed by atoms with Gasteiger partial charge >= 0.3 is 5.88 Å². The average Bonchev–Trinajstić information content (AvgIpc) is 3.54. The molecule has 0 unspecified atom stereocenters. The molecule has 0 aliphatic carbocycles. The van der Waals surface area contributed by atoms with Crippen molar-refractivity contribution in [3.05, 3.63) is 40.7 Å². The molecule has 170 valence electrons. The molecule has 5 rings (SSSR count). The number of Topliss-reactive ketones (excluding diaryl/α,β-unsaturated/α-hetero) is 1. The molecule has 0 atom stereocenters. The van der Waals surface area contributed by atoms with Gasteiger partial charge in [0.25, 0.3) is 6.20 Å². The van der Waals surface area contributed by atoms with E-state index in [1.54, 1.807) is 19.1 Å². The average molecular weight is 468 g/mol. The third-order valence-electron chi connectivity index (χ3n) is 5.30. The Morgan fingerprint density at radius 1 is 1.36 bits per heavy atom. The lowest BCUT2D eigenvalue weighted by Crippen LogP contribution is -2.62. The van der Waals surface area contributed by atoms with Crippen molar-refractivity contribution in [1.29, 1.82) is 0 Å². The number of aromatic nitrogens is 3. The molecule has 12 heteroatoms. The number of ether oxygens (including phenoxy) is 1. The number of fused-ring (bicyclic) bond motifs is 1. The first kappa shape index (κ1) is 21.1. The van der Waals surface area contributed by atoms with Gasteiger partial charge in [-0.05, 0) is 26.0 Å². The number of carbonyl (C=O) groups is 1. The van der Waals surface area contributed by atoms with Crippen molar-refractivity contribution in [1.82, 2.24) is 10.3 Å². The van der Waals surface area contributed by atoms with Crippen molar-refractivity contribution in [3.63, 3.8) is 0 Å². The van der Waals surface area contributed by atoms with E-state index in [0.717, 1.165) is 11.3 Å². The minimum atomic E-state index is -0.590. The molecule has 1 aliphatic rings. The summed E-state index contributed by atoms with van der Waals surface area (Å²) in [5.74, 6) is -0.250. The van der Waals surface area contributed by atoms with E-state index in [9.17, 15) is 9.90 Å². The zero-order valence-electron chi connectivity index (χ0n) is 17.9. The Hall–Kier alpha value is -3.77. The minimum absolute atomic E-state index is 0.0446. The van der Waals surface area contributed by atoms with Gasteiger partial charge in [-0.25, -0.2) is 9.98 Å². The highest BCUT2D eigenvalue weighted by Gasteiger charge is 2.25. The molecule has 1 saturated heterocycles. The predicted octanol–water partition coefficient (Wildman–Crippen LogP) is 1.33. The van der Waals surface area contributed by atoms with Crippen molar-refractivity contribution < 1.29 is 28.4 Å². The van der Waals surface area contributed by atoms with Gasteiger partial charge in [-0.2, -0.15) is 0 Å². The summed E-state index contributed by atoms with van der Waals surface area (Å²) in [5, 5.41) is 19.3. The van der Waals surface area contributed by atoms with Crippen LogP contribution in [0.2, 0.25) is 0 Å². The van der Waals surface area contributed by atoms with E-state index in [-0.39, 0.29) is 22.2 Å². The second kappa shape index (κ2) is 8.30. The van der Waals surface area contributed by atoms with Crippen molar-refractivity contribution >= 4 is 44.8 Å². The van der Waals surface area contributed by atoms with Gasteiger partial charge in [0.05, 0.1) is 59.2 Å². The van der Waals surface area contributed by atoms with E-state index in [2.05, 4.69) is 15.2 Å². The summed E-state index contributed by atoms with van der Waals surface area (Å²) in [6.07, 6.45) is 3.04. The molecular formula is C21H20N6O5S. The number of furan rings is 1. The first-order valence-electron chi connectivity index (χ1n) is 10.2. The quantitative estimate of drug-likeness (QED) is 0.198. The molecule has 0 amide bonds. The number of morpholine rings is 1. The largest absolute Gasteiger partial charge is 0.857 e. The van der Waals surface area contributed by atoms with Crippen LogP contribution in [-0.4, -0.2) is 48.2 Å². The van der Waals surface area contributed by atoms with Crippen LogP contribution < -0.4 is 20.6 Å². The van der Waals surface area contributed by atoms with Crippen molar-refractivity contribution in [2.45, 2.75) is 13.8 Å². The van der Waals surface area contributed by atoms with E-state index in [0.29, 0.717) is 59.1 Å². The molecule has 0 bridgehead atoms. The van der Waals surface area contributed by atoms with Gasteiger partial charge in [0.1, 0.15) is 10.6 Å². The summed E-state index contributed by atoms with van der Waals surface area (Å²) in [4.78, 5) is 23.2. The van der Waals surface area contributed by atoms with Gasteiger partial charge < -0.3 is 20.0 Å². The third-order valence-corrected chi connectivity index (χ3v) is 6.39. The van der Waals surface area contributed by atoms with Crippen LogP contribution in [0.4, 0.5) is 11.6 Å². The van der Waals surface area contributed by atoms with Crippen molar-refractivity contribution in [3.8, 4) is 11.3 Å². The Morgan fingerprint density at radius 2 is 2.15 bits per heavy atom. The highest BCUT2D eigenvalue weighted by Crippen LogP contribution is 2.42. The van der Waals surface area contributed by atoms with Gasteiger partial charge in [0.15, 0.2) is 5.78 Å². The molecule has 11 nitrogen and oxygen atoms in total. The molecule has 2 N–H and O–H groups in total. The Kier molecular flexibility index (Phi) is 5.30. The second-order valence-corrected chi connectivity index (χ2v) is 8.45. The zero-order chi connectivity index (χ0) is 23.1. The highest BCUT2D eigenvalue weighted by molar-refractivity contribution is 7.21. The highest BCUT2D eigenvalue weighted by atomic mass is 32.1. The molecule has 5 heterocycles. The molecule has 1 fully saturated rings. The number of carbonyl (C=O) groups excluding carboxylic acids is 1. The number of anilines is 1. The SMILES string of the molecule is CC(=O)c1c(C)nc2sc(/C([O-])=N/c3c[n+](N4CCOCC4)no3)c(N)c2c1-c1ccco1. The number of aliphatic imine (C=N–C) groups is 1. The normalized spacial score (nSPS) is 14.8. The van der Waals surface area contributed by atoms with Crippen LogP contribution in [0.5, 0.6) is 0 Å². The van der Waals surface area contributed by atoms with Crippen LogP contribution in [0.15, 0.2) is 38.5 Å². The summed E-state index contributed by atoms with van der Waals surface area (Å²) < 4.78 is 16.1. The Balaban J connectivity index is 1.59. The van der Waals surface area contributed by atoms with Crippen LogP contribution in [0.1, 0.15) is 27.9 Å². The first-order valence-corrected chi connectivity index (χ1v) is 11.0. The molecule has 0 radical (unpaired) electrons. The second-order valence-electron chi connectivity index (χ2n) is 7.45. The van der Waals surface area contributed by atoms with Gasteiger partial charge in [0.2, 0.25) is 5.27 Å². The van der Waals surface area contributed by atoms with Crippen LogP contribution in [-0.2, 0) is 4.74 Å². The summed E-state index contributed by atoms with van der Waals surface area (Å²) in [6.45, 7) is 5.65. The monoisotopic (exact) mass is 468 g/mol. The van der Waals surface area contributed by atoms with E-state index in [1.165, 1.54) is 24.2 Å². The maximum absolute atomic E-state index is 13.0. The fraction of sp³-hybridized carbons (Fsp3) is 0.286. The summed E-state index contributed by atoms with van der Waals surface area (Å²) in [7, 11) is 0. The lowest BCUT2D eigenvalue weighted by molar-refractivity contribution is -0.759. The van der Waals surface area contributed by atoms with Crippen LogP contribution in [0, 0.1) is 6.92 Å². The fourth-order valence-corrected chi connectivity index (χ4v) is 4.88. The van der Waals surface area contributed by atoms with Gasteiger partial charge in [-0.1, -0.05) is 0 Å². The summed E-state index contributed by atoms with van der Waals surface area (Å²) in [6, 6.07) is 3.46. The first-order chi connectivity index (χ1) is 15.9. The number of rotatable bonds is 5. The number of thiophene rings is 1. The maximum Gasteiger partial charge on any atom is 0.324 e. The predicted molar refractivity (Wildman–Crippen MR) is 118 cm³/mol. The summed E-state index contributed by atoms with van der Waals surface area (Å²) in [5.41, 5.74) is 8.04. The number of aryl methyl sites for hydroxylation is 1. The molecular weight excluding hydrogens is 448 g/mol. The van der Waals surface area contributed by atoms with E-state index in [1.807, 2.05) is 5.01 Å². The minimum Gasteiger partial charge on any atom is -0.857 e. The molecule has 0 saturated carbocycles. The van der Waals surface area contributed by atoms with Crippen molar-refractivity contribution in [2.24, 2.45) is 4.99 Å². The van der Waals surface area contributed by atoms with E-state index >= 15 is 0 Å². The number of nitrogens with two attached hydrogens (primary N) is 1. The van der Waals surface area contributed by atoms with Crippen molar-refractivity contribution in [2.75, 3.05) is 37.0 Å². The van der Waals surface area contributed by atoms with Gasteiger partial charge in [0, 0.05) is 16.8 Å². The van der Waals surface area contributed by atoms with Gasteiger partial charge in [-0.15, -0.1) is 16.3 Å². The van der Waals surface area contributed by atoms with E-state index < -0.39 is 5.90 Å². The Labute approximate surface area is 191 Å². The molecule has 4 aromatic rings. The Morgan fingerprint density at radius 3 is 2.85 bits per heavy atom. The number of nitrogen functional groups attached to an aromatic ring is 1. The molecule has 0 spiro atoms. The topological polar surface area (TPSA) is 147 Å². The number of hydrogen-bond donors (Lipinski definition) is 1. The number of pyridine rings is 1. The van der Waals surface area contributed by atoms with Crippen LogP contribution >= 0.6 is 11.3 Å². The zero-order valence-corrected chi connectivity index (χ0v) is 18.7. The standard InChI is InChI=1S/C21H20N6O5S/c1-11-15(12(2)28)16(13-4-3-7-31-13)17-18(22)19(33-21(17)23-11)20(29)24-14-10-27(25-32-14)26-5-8-30-9-6-26/h3-4,7,10H,5-6,8-9H2,1-2H3,(H2-,22,24,25,29). The van der Waals surface area contributed by atoms with Gasteiger partial charge in [-0.3, -0.25) is 9.32 Å². The Bertz CT molecular complexity index is 1370. The van der Waals surface area contributed by atoms with Crippen LogP contribution in [0.3, 0.4) is 0 Å². The number of hydrogen-bond acceptors (Lipinski definition) is 11. The smallest absolute Gasteiger partial charge is 0.324 e. The lowest BCUT2D eigenvalue weighted by Gasteiger charge is -2.18. The molecule has 4 aromatic heterocycles. The van der Waals surface area contributed by atoms with Crippen LogP contribution in [0.25, 0.3) is 21.5 Å². The fourth-order valence-electron chi connectivity index (χ4n) is 3.84. The molecule has 1 aliphatic heterocycles. The lowest BCUT2D eigenvalue weighted by atomic mass is 9.97. The van der Waals surface area contributed by atoms with E-state index in [4.69, 9.17) is 19.4 Å². The summed E-state index contributed by atoms with van der Waals surface area (Å²) >= 11 is 1.10. The molecule has 33 heavy (non-hydrogen) atoms. The number of ketones is 1. The maximum atomic E-state index is 13.0.